The van der Waals surface area contributed by atoms with E-state index < -0.39 is 0 Å². The maximum Gasteiger partial charge on any atom is 0.238 e. The highest BCUT2D eigenvalue weighted by atomic mass is 15.2. The van der Waals surface area contributed by atoms with Crippen LogP contribution in [0.1, 0.15) is 13.3 Å². The van der Waals surface area contributed by atoms with Crippen molar-refractivity contribution in [1.82, 2.24) is 24.1 Å². The van der Waals surface area contributed by atoms with Crippen molar-refractivity contribution in [2.75, 3.05) is 0 Å². The Morgan fingerprint density at radius 1 is 0.510 bits per heavy atom. The fourth-order valence-electron chi connectivity index (χ4n) is 7.72. The van der Waals surface area contributed by atoms with Gasteiger partial charge in [0.05, 0.1) is 22.2 Å². The molecule has 6 aromatic carbocycles. The minimum atomic E-state index is 0.456. The molecule has 0 radical (unpaired) electrons. The number of benzene rings is 6. The van der Waals surface area contributed by atoms with Crippen molar-refractivity contribution in [3.05, 3.63) is 162 Å². The van der Waals surface area contributed by atoms with Crippen molar-refractivity contribution in [1.29, 1.82) is 0 Å². The molecule has 3 aromatic heterocycles. The Kier molecular flexibility index (Phi) is 6.78. The first-order chi connectivity index (χ1) is 25.2. The zero-order chi connectivity index (χ0) is 33.9. The molecule has 0 saturated carbocycles. The lowest BCUT2D eigenvalue weighted by atomic mass is 9.99. The molecule has 1 aliphatic rings. The topological polar surface area (TPSA) is 48.5 Å². The Bertz CT molecular complexity index is 2830. The molecule has 10 rings (SSSR count). The molecule has 51 heavy (non-hydrogen) atoms. The van der Waals surface area contributed by atoms with Crippen LogP contribution in [0.15, 0.2) is 152 Å². The lowest BCUT2D eigenvalue weighted by molar-refractivity contribution is 0.795. The van der Waals surface area contributed by atoms with Crippen molar-refractivity contribution in [2.24, 2.45) is 5.92 Å². The number of hydrogen-bond acceptors (Lipinski definition) is 3. The van der Waals surface area contributed by atoms with Gasteiger partial charge in [0.1, 0.15) is 0 Å². The van der Waals surface area contributed by atoms with E-state index in [-0.39, 0.29) is 0 Å². The molecule has 9 aromatic rings. The zero-order valence-corrected chi connectivity index (χ0v) is 28.1. The standard InChI is InChI=1S/C46H33N5/c1-30-24-26-40-37(28-30)38-29-34(31-14-5-2-6-15-31)25-27-41(38)50(40)42-23-13-21-36-35-20-11-12-22-39(35)51(43(36)42)46-48-44(32-16-7-3-8-17-32)47-45(49-46)33-18-9-4-10-19-33/h2-23,25-30H,24H2,1H3. The second-order valence-corrected chi connectivity index (χ2v) is 13.4. The van der Waals surface area contributed by atoms with Crippen LogP contribution in [0.3, 0.4) is 0 Å². The predicted molar refractivity (Wildman–Crippen MR) is 209 cm³/mol. The van der Waals surface area contributed by atoms with Gasteiger partial charge in [-0.1, -0.05) is 146 Å². The average molecular weight is 656 g/mol. The van der Waals surface area contributed by atoms with Crippen molar-refractivity contribution in [2.45, 2.75) is 13.3 Å². The van der Waals surface area contributed by atoms with Crippen LogP contribution in [0.25, 0.3) is 90.4 Å². The second kappa shape index (κ2) is 11.8. The maximum absolute atomic E-state index is 5.22. The van der Waals surface area contributed by atoms with Crippen LogP contribution < -0.4 is 10.6 Å². The number of rotatable bonds is 5. The number of hydrogen-bond donors (Lipinski definition) is 0. The molecule has 3 heterocycles. The highest BCUT2D eigenvalue weighted by Gasteiger charge is 2.23. The van der Waals surface area contributed by atoms with E-state index in [1.807, 2.05) is 36.4 Å². The fourth-order valence-corrected chi connectivity index (χ4v) is 7.72. The van der Waals surface area contributed by atoms with Crippen LogP contribution in [0.2, 0.25) is 0 Å². The van der Waals surface area contributed by atoms with Gasteiger partial charge < -0.3 is 4.57 Å². The summed E-state index contributed by atoms with van der Waals surface area (Å²) in [6, 6.07) is 53.1. The molecular formula is C46H33N5. The Morgan fingerprint density at radius 2 is 1.12 bits per heavy atom. The van der Waals surface area contributed by atoms with Gasteiger partial charge in [-0.05, 0) is 47.7 Å². The number of nitrogens with zero attached hydrogens (tertiary/aromatic N) is 5. The zero-order valence-electron chi connectivity index (χ0n) is 28.1. The van der Waals surface area contributed by atoms with Gasteiger partial charge in [-0.15, -0.1) is 0 Å². The van der Waals surface area contributed by atoms with Gasteiger partial charge in [-0.3, -0.25) is 4.57 Å². The lowest BCUT2D eigenvalue weighted by Crippen LogP contribution is -2.32. The van der Waals surface area contributed by atoms with E-state index in [4.69, 9.17) is 15.0 Å². The summed E-state index contributed by atoms with van der Waals surface area (Å²) in [6.45, 7) is 2.30. The van der Waals surface area contributed by atoms with E-state index in [9.17, 15) is 0 Å². The first-order valence-electron chi connectivity index (χ1n) is 17.5. The Labute approximate surface area is 295 Å². The molecule has 0 amide bonds. The molecule has 5 heteroatoms. The van der Waals surface area contributed by atoms with E-state index in [1.54, 1.807) is 0 Å². The number of fused-ring (bicyclic) bond motifs is 6. The first-order valence-corrected chi connectivity index (χ1v) is 17.5. The van der Waals surface area contributed by atoms with Crippen LogP contribution in [-0.4, -0.2) is 24.1 Å². The Balaban J connectivity index is 1.31. The third kappa shape index (κ3) is 4.81. The van der Waals surface area contributed by atoms with Crippen LogP contribution in [0, 0.1) is 5.92 Å². The van der Waals surface area contributed by atoms with Gasteiger partial charge in [-0.25, -0.2) is 4.98 Å². The van der Waals surface area contributed by atoms with Crippen molar-refractivity contribution >= 4 is 44.9 Å². The van der Waals surface area contributed by atoms with E-state index in [1.165, 1.54) is 32.6 Å². The third-order valence-corrected chi connectivity index (χ3v) is 10.1. The van der Waals surface area contributed by atoms with Crippen molar-refractivity contribution in [3.63, 3.8) is 0 Å². The van der Waals surface area contributed by atoms with Crippen LogP contribution >= 0.6 is 0 Å². The lowest BCUT2D eigenvalue weighted by Gasteiger charge is -2.15. The minimum absolute atomic E-state index is 0.456. The molecule has 242 valence electrons. The summed E-state index contributed by atoms with van der Waals surface area (Å²) in [6.07, 6.45) is 5.85. The molecule has 0 bridgehead atoms. The summed E-state index contributed by atoms with van der Waals surface area (Å²) in [5, 5.41) is 6.07. The molecule has 1 atom stereocenters. The highest BCUT2D eigenvalue weighted by molar-refractivity contribution is 6.12. The number of para-hydroxylation sites is 2. The quantitative estimate of drug-likeness (QED) is 0.186. The molecule has 0 N–H and O–H groups in total. The van der Waals surface area contributed by atoms with Gasteiger partial charge in [-0.2, -0.15) is 9.97 Å². The fraction of sp³-hybridized carbons (Fsp3) is 0.0652. The second-order valence-electron chi connectivity index (χ2n) is 13.4. The van der Waals surface area contributed by atoms with Gasteiger partial charge in [0, 0.05) is 37.9 Å². The Morgan fingerprint density at radius 3 is 1.82 bits per heavy atom. The molecule has 0 saturated heterocycles. The first kappa shape index (κ1) is 29.3. The van der Waals surface area contributed by atoms with E-state index in [0.717, 1.165) is 45.0 Å². The Hall–Kier alpha value is -6.59. The molecule has 1 unspecified atom stereocenters. The normalized spacial score (nSPS) is 14.0. The summed E-state index contributed by atoms with van der Waals surface area (Å²) in [7, 11) is 0. The summed E-state index contributed by atoms with van der Waals surface area (Å²) in [4.78, 5) is 15.4. The predicted octanol–water partition coefficient (Wildman–Crippen LogP) is 9.51. The van der Waals surface area contributed by atoms with Gasteiger partial charge in [0.2, 0.25) is 5.95 Å². The molecule has 1 aliphatic carbocycles. The maximum atomic E-state index is 5.22. The minimum Gasteiger partial charge on any atom is -0.307 e. The van der Waals surface area contributed by atoms with Crippen molar-refractivity contribution in [3.8, 4) is 45.5 Å². The third-order valence-electron chi connectivity index (χ3n) is 10.1. The molecule has 0 fully saturated rings. The molecular weight excluding hydrogens is 623 g/mol. The summed E-state index contributed by atoms with van der Waals surface area (Å²) >= 11 is 0. The SMILES string of the molecule is CC1C=c2c(n(-c3cccc4c5ccccc5n(-c5nc(-c6ccccc6)nc(-c6ccccc6)n5)c34)c3ccc(-c4ccccc4)cc23)=CC1. The summed E-state index contributed by atoms with van der Waals surface area (Å²) in [5.41, 5.74) is 8.69. The van der Waals surface area contributed by atoms with Gasteiger partial charge in [0.15, 0.2) is 11.6 Å². The molecule has 0 spiro atoms. The van der Waals surface area contributed by atoms with Crippen LogP contribution in [-0.2, 0) is 0 Å². The van der Waals surface area contributed by atoms with Gasteiger partial charge in [0.25, 0.3) is 0 Å². The molecule has 5 nitrogen and oxygen atoms in total. The summed E-state index contributed by atoms with van der Waals surface area (Å²) in [5.74, 6) is 2.31. The highest BCUT2D eigenvalue weighted by Crippen LogP contribution is 2.36. The van der Waals surface area contributed by atoms with E-state index >= 15 is 0 Å². The largest absolute Gasteiger partial charge is 0.307 e. The van der Waals surface area contributed by atoms with Crippen LogP contribution in [0.5, 0.6) is 0 Å². The monoisotopic (exact) mass is 655 g/mol. The van der Waals surface area contributed by atoms with E-state index in [2.05, 4.69) is 143 Å². The van der Waals surface area contributed by atoms with Gasteiger partial charge >= 0.3 is 0 Å². The number of aromatic nitrogens is 5. The van der Waals surface area contributed by atoms with Crippen molar-refractivity contribution < 1.29 is 0 Å². The smallest absolute Gasteiger partial charge is 0.238 e. The summed E-state index contributed by atoms with van der Waals surface area (Å²) < 4.78 is 4.70. The molecule has 0 aliphatic heterocycles. The van der Waals surface area contributed by atoms with Crippen LogP contribution in [0.4, 0.5) is 0 Å². The average Bonchev–Trinajstić information content (AvgIpc) is 3.71. The van der Waals surface area contributed by atoms with E-state index in [0.29, 0.717) is 23.5 Å².